The van der Waals surface area contributed by atoms with Crippen LogP contribution >= 0.6 is 0 Å². The third-order valence-electron chi connectivity index (χ3n) is 4.11. The number of hydrogen-bond acceptors (Lipinski definition) is 4. The third-order valence-corrected chi connectivity index (χ3v) is 4.11. The Bertz CT molecular complexity index is 558. The molecule has 23 heavy (non-hydrogen) atoms. The van der Waals surface area contributed by atoms with Crippen molar-refractivity contribution in [1.29, 1.82) is 0 Å². The largest absolute Gasteiger partial charge is 0.491 e. The maximum atomic E-state index is 12.1. The molecule has 6 nitrogen and oxygen atoms in total. The molecule has 1 saturated heterocycles. The molecule has 126 valence electrons. The summed E-state index contributed by atoms with van der Waals surface area (Å²) in [5, 5.41) is 2.53. The van der Waals surface area contributed by atoms with Crippen molar-refractivity contribution in [2.45, 2.75) is 25.9 Å². The lowest BCUT2D eigenvalue weighted by molar-refractivity contribution is -0.133. The second-order valence-electron chi connectivity index (χ2n) is 5.96. The van der Waals surface area contributed by atoms with Gasteiger partial charge in [-0.1, -0.05) is 17.7 Å². The van der Waals surface area contributed by atoms with Crippen molar-refractivity contribution in [3.05, 3.63) is 29.8 Å². The van der Waals surface area contributed by atoms with Crippen molar-refractivity contribution in [3.8, 4) is 5.75 Å². The fourth-order valence-electron chi connectivity index (χ4n) is 2.56. The molecule has 0 aromatic heterocycles. The molecule has 0 spiro atoms. The SMILES string of the molecule is COC1(COc2ccc(C)cc2)CCN(C(=O)CNC(C)=O)C1. The standard InChI is InChI=1S/C17H24N2O4/c1-13-4-6-15(7-5-13)23-12-17(22-3)8-9-19(11-17)16(21)10-18-14(2)20/h4-7H,8-12H2,1-3H3,(H,18,20). The quantitative estimate of drug-likeness (QED) is 0.853. The summed E-state index contributed by atoms with van der Waals surface area (Å²) in [5.74, 6) is 0.475. The number of carbonyl (C=O) groups is 2. The molecule has 1 aromatic carbocycles. The first-order chi connectivity index (χ1) is 10.9. The van der Waals surface area contributed by atoms with Crippen LogP contribution in [0.3, 0.4) is 0 Å². The summed E-state index contributed by atoms with van der Waals surface area (Å²) in [5.41, 5.74) is 0.672. The number of methoxy groups -OCH3 is 1. The molecule has 1 aliphatic heterocycles. The van der Waals surface area contributed by atoms with Gasteiger partial charge in [-0.15, -0.1) is 0 Å². The van der Waals surface area contributed by atoms with Crippen LogP contribution in [0, 0.1) is 6.92 Å². The minimum absolute atomic E-state index is 0.0218. The summed E-state index contributed by atoms with van der Waals surface area (Å²) >= 11 is 0. The van der Waals surface area contributed by atoms with E-state index in [9.17, 15) is 9.59 Å². The van der Waals surface area contributed by atoms with Gasteiger partial charge in [-0.2, -0.15) is 0 Å². The van der Waals surface area contributed by atoms with E-state index in [0.29, 0.717) is 26.1 Å². The van der Waals surface area contributed by atoms with E-state index in [4.69, 9.17) is 9.47 Å². The molecule has 1 fully saturated rings. The Balaban J connectivity index is 1.90. The Morgan fingerprint density at radius 3 is 2.61 bits per heavy atom. The number of aryl methyl sites for hydroxylation is 1. The van der Waals surface area contributed by atoms with Crippen LogP contribution in [0.1, 0.15) is 18.9 Å². The van der Waals surface area contributed by atoms with Gasteiger partial charge in [0, 0.05) is 20.6 Å². The monoisotopic (exact) mass is 320 g/mol. The maximum absolute atomic E-state index is 12.1. The van der Waals surface area contributed by atoms with Crippen molar-refractivity contribution in [2.75, 3.05) is 33.4 Å². The minimum Gasteiger partial charge on any atom is -0.491 e. The maximum Gasteiger partial charge on any atom is 0.242 e. The van der Waals surface area contributed by atoms with Crippen LogP contribution in [-0.4, -0.2) is 55.7 Å². The molecule has 1 aliphatic rings. The molecule has 1 unspecified atom stereocenters. The number of carbonyl (C=O) groups excluding carboxylic acids is 2. The van der Waals surface area contributed by atoms with Gasteiger partial charge in [-0.05, 0) is 25.5 Å². The van der Waals surface area contributed by atoms with Gasteiger partial charge >= 0.3 is 0 Å². The molecule has 1 aromatic rings. The lowest BCUT2D eigenvalue weighted by atomic mass is 10.0. The van der Waals surface area contributed by atoms with Crippen LogP contribution in [0.25, 0.3) is 0 Å². The molecule has 1 heterocycles. The van der Waals surface area contributed by atoms with Gasteiger partial charge in [0.1, 0.15) is 18.0 Å². The van der Waals surface area contributed by atoms with Gasteiger partial charge < -0.3 is 19.7 Å². The molecule has 0 aliphatic carbocycles. The molecule has 2 rings (SSSR count). The summed E-state index contributed by atoms with van der Waals surface area (Å²) in [4.78, 5) is 24.7. The Labute approximate surface area is 136 Å². The van der Waals surface area contributed by atoms with Crippen molar-refractivity contribution in [1.82, 2.24) is 10.2 Å². The fraction of sp³-hybridized carbons (Fsp3) is 0.529. The van der Waals surface area contributed by atoms with E-state index in [1.54, 1.807) is 12.0 Å². The molecule has 1 atom stereocenters. The molecule has 0 bridgehead atoms. The van der Waals surface area contributed by atoms with Crippen LogP contribution in [-0.2, 0) is 14.3 Å². The summed E-state index contributed by atoms with van der Waals surface area (Å²) < 4.78 is 11.5. The Morgan fingerprint density at radius 1 is 1.30 bits per heavy atom. The number of likely N-dealkylation sites (tertiary alicyclic amines) is 1. The van der Waals surface area contributed by atoms with Crippen LogP contribution in [0.2, 0.25) is 0 Å². The van der Waals surface area contributed by atoms with E-state index in [2.05, 4.69) is 5.32 Å². The van der Waals surface area contributed by atoms with Gasteiger partial charge in [0.05, 0.1) is 13.1 Å². The van der Waals surface area contributed by atoms with E-state index in [-0.39, 0.29) is 18.4 Å². The second-order valence-corrected chi connectivity index (χ2v) is 5.96. The van der Waals surface area contributed by atoms with Crippen molar-refractivity contribution >= 4 is 11.8 Å². The van der Waals surface area contributed by atoms with Crippen molar-refractivity contribution in [3.63, 3.8) is 0 Å². The van der Waals surface area contributed by atoms with Crippen molar-refractivity contribution < 1.29 is 19.1 Å². The number of nitrogens with one attached hydrogen (secondary N) is 1. The van der Waals surface area contributed by atoms with Gasteiger partial charge in [-0.25, -0.2) is 0 Å². The zero-order chi connectivity index (χ0) is 16.9. The molecule has 6 heteroatoms. The van der Waals surface area contributed by atoms with Gasteiger partial charge in [0.15, 0.2) is 0 Å². The Kier molecular flexibility index (Phi) is 5.60. The van der Waals surface area contributed by atoms with E-state index in [1.807, 2.05) is 31.2 Å². The molecule has 0 saturated carbocycles. The lowest BCUT2D eigenvalue weighted by Gasteiger charge is -2.28. The van der Waals surface area contributed by atoms with Crippen LogP contribution < -0.4 is 10.1 Å². The zero-order valence-electron chi connectivity index (χ0n) is 13.9. The Hall–Kier alpha value is -2.08. The molecular formula is C17H24N2O4. The first kappa shape index (κ1) is 17.3. The number of rotatable bonds is 6. The predicted molar refractivity (Wildman–Crippen MR) is 86.3 cm³/mol. The number of ether oxygens (including phenoxy) is 2. The number of amides is 2. The molecule has 2 amide bonds. The highest BCUT2D eigenvalue weighted by atomic mass is 16.5. The van der Waals surface area contributed by atoms with Crippen LogP contribution in [0.5, 0.6) is 5.75 Å². The highest BCUT2D eigenvalue weighted by Crippen LogP contribution is 2.26. The topological polar surface area (TPSA) is 67.9 Å². The Morgan fingerprint density at radius 2 is 2.00 bits per heavy atom. The van der Waals surface area contributed by atoms with Gasteiger partial charge in [0.2, 0.25) is 11.8 Å². The number of hydrogen-bond donors (Lipinski definition) is 1. The average molecular weight is 320 g/mol. The third kappa shape index (κ3) is 4.69. The molecule has 0 radical (unpaired) electrons. The highest BCUT2D eigenvalue weighted by Gasteiger charge is 2.41. The normalized spacial score (nSPS) is 20.4. The number of nitrogens with zero attached hydrogens (tertiary/aromatic N) is 1. The van der Waals surface area contributed by atoms with Crippen LogP contribution in [0.15, 0.2) is 24.3 Å². The summed E-state index contributed by atoms with van der Waals surface area (Å²) in [6.45, 7) is 4.89. The smallest absolute Gasteiger partial charge is 0.242 e. The van der Waals surface area contributed by atoms with E-state index in [1.165, 1.54) is 12.5 Å². The van der Waals surface area contributed by atoms with Gasteiger partial charge in [0.25, 0.3) is 0 Å². The summed E-state index contributed by atoms with van der Waals surface area (Å²) in [6.07, 6.45) is 0.709. The molecule has 1 N–H and O–H groups in total. The average Bonchev–Trinajstić information content (AvgIpc) is 2.97. The molecular weight excluding hydrogens is 296 g/mol. The van der Waals surface area contributed by atoms with E-state index >= 15 is 0 Å². The first-order valence-electron chi connectivity index (χ1n) is 7.71. The first-order valence-corrected chi connectivity index (χ1v) is 7.71. The van der Waals surface area contributed by atoms with Crippen molar-refractivity contribution in [2.24, 2.45) is 0 Å². The van der Waals surface area contributed by atoms with E-state index < -0.39 is 5.60 Å². The minimum atomic E-state index is -0.503. The zero-order valence-corrected chi connectivity index (χ0v) is 13.9. The lowest BCUT2D eigenvalue weighted by Crippen LogP contribution is -2.44. The van der Waals surface area contributed by atoms with Crippen LogP contribution in [0.4, 0.5) is 0 Å². The summed E-state index contributed by atoms with van der Waals surface area (Å²) in [7, 11) is 1.64. The van der Waals surface area contributed by atoms with Gasteiger partial charge in [-0.3, -0.25) is 9.59 Å². The summed E-state index contributed by atoms with van der Waals surface area (Å²) in [6, 6.07) is 7.83. The predicted octanol–water partition coefficient (Wildman–Crippen LogP) is 1.13. The highest BCUT2D eigenvalue weighted by molar-refractivity contribution is 5.83. The second kappa shape index (κ2) is 7.46. The van der Waals surface area contributed by atoms with E-state index in [0.717, 1.165) is 5.75 Å². The fourth-order valence-corrected chi connectivity index (χ4v) is 2.56. The number of benzene rings is 1.